The first-order valence-electron chi connectivity index (χ1n) is 20.7. The molecule has 0 saturated carbocycles. The second-order valence-electron chi connectivity index (χ2n) is 17.0. The topological polar surface area (TPSA) is 41.1 Å². The second-order valence-corrected chi connectivity index (χ2v) is 17.0. The lowest BCUT2D eigenvalue weighted by Gasteiger charge is -2.33. The van der Waals surface area contributed by atoms with Crippen molar-refractivity contribution in [3.63, 3.8) is 0 Å². The predicted molar refractivity (Wildman–Crippen MR) is 215 cm³/mol. The Hall–Kier alpha value is -2.61. The van der Waals surface area contributed by atoms with Crippen molar-refractivity contribution in [3.8, 4) is 0 Å². The lowest BCUT2D eigenvalue weighted by atomic mass is 9.93. The first-order valence-corrected chi connectivity index (χ1v) is 20.7. The summed E-state index contributed by atoms with van der Waals surface area (Å²) in [7, 11) is 0. The number of pyridine rings is 1. The molecule has 5 aliphatic heterocycles. The lowest BCUT2D eigenvalue weighted by Crippen LogP contribution is -2.39. The van der Waals surface area contributed by atoms with Crippen molar-refractivity contribution >= 4 is 0 Å². The van der Waals surface area contributed by atoms with E-state index in [4.69, 9.17) is 9.47 Å². The monoisotopic (exact) mass is 709 g/mol. The second kappa shape index (κ2) is 18.6. The highest BCUT2D eigenvalue weighted by Crippen LogP contribution is 2.28. The number of rotatable bonds is 7. The fourth-order valence-electron chi connectivity index (χ4n) is 8.42. The predicted octanol–water partition coefficient (Wildman–Crippen LogP) is 8.74. The number of hydrogen-bond donors (Lipinski definition) is 0. The molecule has 2 atom stereocenters. The molecule has 6 heteroatoms. The van der Waals surface area contributed by atoms with Gasteiger partial charge in [0.15, 0.2) is 0 Å². The van der Waals surface area contributed by atoms with Crippen LogP contribution in [0.5, 0.6) is 0 Å². The maximum Gasteiger partial charge on any atom is 0.0622 e. The normalized spacial score (nSPS) is 22.0. The summed E-state index contributed by atoms with van der Waals surface area (Å²) in [4.78, 5) is 12.2. The average molecular weight is 709 g/mol. The molecule has 2 saturated heterocycles. The Balaban J connectivity index is 0.000000135. The minimum atomic E-state index is 0.535. The van der Waals surface area contributed by atoms with Gasteiger partial charge in [0.05, 0.1) is 13.2 Å². The van der Waals surface area contributed by atoms with Crippen LogP contribution in [0.3, 0.4) is 0 Å². The molecule has 0 aliphatic carbocycles. The number of fused-ring (bicyclic) bond motifs is 3. The van der Waals surface area contributed by atoms with Gasteiger partial charge in [-0.1, -0.05) is 84.9 Å². The molecule has 52 heavy (non-hydrogen) atoms. The summed E-state index contributed by atoms with van der Waals surface area (Å²) in [6.45, 7) is 28.9. The van der Waals surface area contributed by atoms with Gasteiger partial charge in [-0.25, -0.2) is 0 Å². The van der Waals surface area contributed by atoms with Gasteiger partial charge in [-0.3, -0.25) is 19.7 Å². The molecule has 5 aliphatic rings. The third-order valence-electron chi connectivity index (χ3n) is 12.1. The van der Waals surface area contributed by atoms with Crippen molar-refractivity contribution in [2.45, 2.75) is 124 Å². The SMILES string of the molecule is CC(C)c1ccc2c(c1)CN(C1CCOC1)CC2.CC(C)c1ccc2c(c1)CN(CC1CCOC1)CC2.CCN1CCc2cnc(C(C)C)cc2C1. The van der Waals surface area contributed by atoms with E-state index >= 15 is 0 Å². The minimum absolute atomic E-state index is 0.535. The zero-order valence-electron chi connectivity index (χ0n) is 33.6. The van der Waals surface area contributed by atoms with Crippen LogP contribution in [-0.2, 0) is 48.4 Å². The van der Waals surface area contributed by atoms with Crippen molar-refractivity contribution in [1.82, 2.24) is 19.7 Å². The quantitative estimate of drug-likeness (QED) is 0.245. The number of aromatic nitrogens is 1. The Morgan fingerprint density at radius 2 is 1.23 bits per heavy atom. The summed E-state index contributed by atoms with van der Waals surface area (Å²) in [5.41, 5.74) is 13.3. The fraction of sp³-hybridized carbons (Fsp3) is 0.630. The van der Waals surface area contributed by atoms with E-state index in [0.717, 1.165) is 64.9 Å². The summed E-state index contributed by atoms with van der Waals surface area (Å²) in [6.07, 6.45) is 8.10. The van der Waals surface area contributed by atoms with Gasteiger partial charge in [-0.15, -0.1) is 0 Å². The van der Waals surface area contributed by atoms with Gasteiger partial charge in [0, 0.05) is 77.0 Å². The molecular weight excluding hydrogens is 641 g/mol. The zero-order valence-corrected chi connectivity index (χ0v) is 33.6. The van der Waals surface area contributed by atoms with Crippen LogP contribution < -0.4 is 0 Å². The number of likely N-dealkylation sites (N-methyl/N-ethyl adjacent to an activating group) is 1. The van der Waals surface area contributed by atoms with Crippen molar-refractivity contribution in [3.05, 3.63) is 98.9 Å². The maximum absolute atomic E-state index is 5.52. The number of benzene rings is 2. The summed E-state index contributed by atoms with van der Waals surface area (Å²) < 4.78 is 11.0. The molecule has 284 valence electrons. The van der Waals surface area contributed by atoms with Crippen molar-refractivity contribution < 1.29 is 9.47 Å². The molecule has 0 N–H and O–H groups in total. The van der Waals surface area contributed by atoms with Gasteiger partial charge in [0.25, 0.3) is 0 Å². The Labute approximate surface area is 316 Å². The summed E-state index contributed by atoms with van der Waals surface area (Å²) in [5.74, 6) is 2.55. The van der Waals surface area contributed by atoms with Crippen molar-refractivity contribution in [2.75, 3.05) is 59.2 Å². The van der Waals surface area contributed by atoms with Crippen molar-refractivity contribution in [1.29, 1.82) is 0 Å². The van der Waals surface area contributed by atoms with E-state index in [9.17, 15) is 0 Å². The number of hydrogen-bond acceptors (Lipinski definition) is 6. The molecule has 0 spiro atoms. The molecule has 2 fully saturated rings. The summed E-state index contributed by atoms with van der Waals surface area (Å²) in [6, 6.07) is 17.1. The molecule has 2 unspecified atom stereocenters. The van der Waals surface area contributed by atoms with E-state index < -0.39 is 0 Å². The van der Waals surface area contributed by atoms with E-state index in [-0.39, 0.29) is 0 Å². The van der Waals surface area contributed by atoms with Crippen LogP contribution in [-0.4, -0.2) is 84.9 Å². The van der Waals surface area contributed by atoms with E-state index in [2.05, 4.69) is 117 Å². The Morgan fingerprint density at radius 3 is 1.85 bits per heavy atom. The average Bonchev–Trinajstić information content (AvgIpc) is 3.90. The number of ether oxygens (including phenoxy) is 2. The third kappa shape index (κ3) is 10.3. The molecule has 1 aromatic heterocycles. The van der Waals surface area contributed by atoms with Gasteiger partial charge in [-0.05, 0) is 113 Å². The van der Waals surface area contributed by atoms with Crippen LogP contribution in [0.2, 0.25) is 0 Å². The molecular formula is C46H68N4O2. The largest absolute Gasteiger partial charge is 0.381 e. The van der Waals surface area contributed by atoms with Crippen LogP contribution in [0.1, 0.15) is 129 Å². The van der Waals surface area contributed by atoms with E-state index in [1.807, 2.05) is 0 Å². The summed E-state index contributed by atoms with van der Waals surface area (Å²) in [5, 5.41) is 0. The highest BCUT2D eigenvalue weighted by atomic mass is 16.5. The van der Waals surface area contributed by atoms with Gasteiger partial charge in [-0.2, -0.15) is 0 Å². The zero-order chi connectivity index (χ0) is 36.6. The molecule has 0 bridgehead atoms. The van der Waals surface area contributed by atoms with Gasteiger partial charge in [0.1, 0.15) is 0 Å². The van der Waals surface area contributed by atoms with Gasteiger partial charge in [0.2, 0.25) is 0 Å². The van der Waals surface area contributed by atoms with E-state index in [0.29, 0.717) is 23.8 Å². The number of nitrogens with zero attached hydrogens (tertiary/aromatic N) is 4. The molecule has 0 radical (unpaired) electrons. The molecule has 0 amide bonds. The lowest BCUT2D eigenvalue weighted by molar-refractivity contribution is 0.135. The maximum atomic E-state index is 5.52. The summed E-state index contributed by atoms with van der Waals surface area (Å²) >= 11 is 0. The highest BCUT2D eigenvalue weighted by molar-refractivity contribution is 5.36. The Bertz CT molecular complexity index is 1570. The van der Waals surface area contributed by atoms with E-state index in [1.54, 1.807) is 22.3 Å². The van der Waals surface area contributed by atoms with Gasteiger partial charge >= 0.3 is 0 Å². The third-order valence-corrected chi connectivity index (χ3v) is 12.1. The minimum Gasteiger partial charge on any atom is -0.381 e. The molecule has 6 nitrogen and oxygen atoms in total. The van der Waals surface area contributed by atoms with Crippen LogP contribution in [0.25, 0.3) is 0 Å². The van der Waals surface area contributed by atoms with Crippen LogP contribution >= 0.6 is 0 Å². The van der Waals surface area contributed by atoms with Crippen LogP contribution in [0, 0.1) is 5.92 Å². The van der Waals surface area contributed by atoms with Gasteiger partial charge < -0.3 is 9.47 Å². The molecule has 2 aromatic carbocycles. The smallest absolute Gasteiger partial charge is 0.0622 e. The first-order chi connectivity index (χ1) is 25.2. The highest BCUT2D eigenvalue weighted by Gasteiger charge is 2.27. The Morgan fingerprint density at radius 1 is 0.635 bits per heavy atom. The van der Waals surface area contributed by atoms with Crippen LogP contribution in [0.15, 0.2) is 48.7 Å². The molecule has 8 rings (SSSR count). The van der Waals surface area contributed by atoms with E-state index in [1.165, 1.54) is 79.8 Å². The fourth-order valence-corrected chi connectivity index (χ4v) is 8.42. The Kier molecular flexibility index (Phi) is 14.0. The van der Waals surface area contributed by atoms with Crippen LogP contribution in [0.4, 0.5) is 0 Å². The first kappa shape index (κ1) is 39.1. The molecule has 6 heterocycles. The standard InChI is InChI=1S/C17H25NO.C16H23NO.C13H20N2/c1-13(2)16-4-3-15-5-7-18(11-17(15)9-16)10-14-6-8-19-12-14;1-12(2)14-4-3-13-5-7-17(10-15(13)9-14)16-6-8-18-11-16;1-4-15-6-5-11-8-14-13(10(2)3)7-12(11)9-15/h3-4,9,13-14H,5-8,10-12H2,1-2H3;3-4,9,12,16H,5-8,10-11H2,1-2H3;7-8,10H,4-6,9H2,1-3H3. The molecule has 3 aromatic rings. The van der Waals surface area contributed by atoms with Crippen molar-refractivity contribution in [2.24, 2.45) is 5.92 Å².